The van der Waals surface area contributed by atoms with E-state index in [0.717, 1.165) is 28.0 Å². The van der Waals surface area contributed by atoms with Crippen LogP contribution in [-0.2, 0) is 12.4 Å². The van der Waals surface area contributed by atoms with Gasteiger partial charge in [-0.3, -0.25) is 0 Å². The summed E-state index contributed by atoms with van der Waals surface area (Å²) >= 11 is 9.40. The number of alkyl halides is 1. The smallest absolute Gasteiger partial charge is 0.131 e. The Bertz CT molecular complexity index is 572. The van der Waals surface area contributed by atoms with Gasteiger partial charge in [0.2, 0.25) is 0 Å². The molecule has 1 heterocycles. The van der Waals surface area contributed by atoms with Crippen LogP contribution < -0.4 is 4.90 Å². The first-order valence-electron chi connectivity index (χ1n) is 6.08. The molecule has 4 heteroatoms. The number of pyridine rings is 1. The Balaban J connectivity index is 2.21. The predicted octanol–water partition coefficient (Wildman–Crippen LogP) is 4.53. The van der Waals surface area contributed by atoms with E-state index in [1.54, 1.807) is 0 Å². The van der Waals surface area contributed by atoms with Crippen LogP contribution in [0.15, 0.2) is 41.0 Å². The average Bonchev–Trinajstić information content (AvgIpc) is 2.41. The molecule has 0 saturated carbocycles. The lowest BCUT2D eigenvalue weighted by Crippen LogP contribution is -2.19. The van der Waals surface area contributed by atoms with Crippen LogP contribution in [0.1, 0.15) is 16.7 Å². The second kappa shape index (κ2) is 6.40. The fourth-order valence-electron chi connectivity index (χ4n) is 2.06. The third kappa shape index (κ3) is 3.48. The number of halogens is 2. The molecule has 2 rings (SSSR count). The standard InChI is InChI=1S/C15H16BrClN2/c1-11-7-12(8-17)9-18-15(11)19(2)10-13-5-3-4-6-14(13)16/h3-7,9H,8,10H2,1-2H3. The maximum atomic E-state index is 5.82. The number of aryl methyl sites for hydroxylation is 1. The second-order valence-electron chi connectivity index (χ2n) is 4.57. The molecule has 0 atom stereocenters. The number of nitrogens with zero attached hydrogens (tertiary/aromatic N) is 2. The predicted molar refractivity (Wildman–Crippen MR) is 84.8 cm³/mol. The van der Waals surface area contributed by atoms with Crippen molar-refractivity contribution in [2.24, 2.45) is 0 Å². The largest absolute Gasteiger partial charge is 0.355 e. The highest BCUT2D eigenvalue weighted by Crippen LogP contribution is 2.22. The van der Waals surface area contributed by atoms with E-state index in [9.17, 15) is 0 Å². The lowest BCUT2D eigenvalue weighted by molar-refractivity contribution is 0.885. The number of anilines is 1. The first kappa shape index (κ1) is 14.4. The first-order valence-corrected chi connectivity index (χ1v) is 7.40. The van der Waals surface area contributed by atoms with E-state index < -0.39 is 0 Å². The highest BCUT2D eigenvalue weighted by molar-refractivity contribution is 9.10. The summed E-state index contributed by atoms with van der Waals surface area (Å²) in [6.45, 7) is 2.88. The molecular weight excluding hydrogens is 324 g/mol. The van der Waals surface area contributed by atoms with Gasteiger partial charge in [0, 0.05) is 30.1 Å². The molecule has 0 fully saturated rings. The molecule has 19 heavy (non-hydrogen) atoms. The number of rotatable bonds is 4. The van der Waals surface area contributed by atoms with Gasteiger partial charge in [0.15, 0.2) is 0 Å². The normalized spacial score (nSPS) is 10.5. The average molecular weight is 340 g/mol. The van der Waals surface area contributed by atoms with Crippen molar-refractivity contribution in [2.45, 2.75) is 19.3 Å². The van der Waals surface area contributed by atoms with Crippen LogP contribution in [-0.4, -0.2) is 12.0 Å². The van der Waals surface area contributed by atoms with Crippen molar-refractivity contribution in [3.8, 4) is 0 Å². The van der Waals surface area contributed by atoms with Crippen molar-refractivity contribution in [2.75, 3.05) is 11.9 Å². The summed E-state index contributed by atoms with van der Waals surface area (Å²) in [5.41, 5.74) is 3.44. The molecule has 1 aromatic heterocycles. The van der Waals surface area contributed by atoms with Crippen LogP contribution in [0.3, 0.4) is 0 Å². The van der Waals surface area contributed by atoms with Gasteiger partial charge in [-0.05, 0) is 35.7 Å². The summed E-state index contributed by atoms with van der Waals surface area (Å²) in [6, 6.07) is 10.3. The van der Waals surface area contributed by atoms with Crippen LogP contribution in [0, 0.1) is 6.92 Å². The van der Waals surface area contributed by atoms with Crippen molar-refractivity contribution >= 4 is 33.3 Å². The van der Waals surface area contributed by atoms with Crippen molar-refractivity contribution in [1.29, 1.82) is 0 Å². The zero-order chi connectivity index (χ0) is 13.8. The van der Waals surface area contributed by atoms with Crippen LogP contribution in [0.4, 0.5) is 5.82 Å². The topological polar surface area (TPSA) is 16.1 Å². The van der Waals surface area contributed by atoms with Gasteiger partial charge in [-0.1, -0.05) is 34.1 Å². The lowest BCUT2D eigenvalue weighted by Gasteiger charge is -2.21. The molecule has 0 aliphatic rings. The van der Waals surface area contributed by atoms with Gasteiger partial charge in [-0.2, -0.15) is 0 Å². The summed E-state index contributed by atoms with van der Waals surface area (Å²) in [7, 11) is 2.05. The number of hydrogen-bond donors (Lipinski definition) is 0. The third-order valence-electron chi connectivity index (χ3n) is 2.99. The van der Waals surface area contributed by atoms with Crippen molar-refractivity contribution in [3.63, 3.8) is 0 Å². The minimum atomic E-state index is 0.502. The Labute approximate surface area is 127 Å². The lowest BCUT2D eigenvalue weighted by atomic mass is 10.2. The summed E-state index contributed by atoms with van der Waals surface area (Å²) in [4.78, 5) is 6.65. The molecule has 0 radical (unpaired) electrons. The molecule has 100 valence electrons. The maximum absolute atomic E-state index is 5.82. The van der Waals surface area contributed by atoms with E-state index in [1.807, 2.05) is 18.3 Å². The molecule has 0 N–H and O–H groups in total. The number of hydrogen-bond acceptors (Lipinski definition) is 2. The SMILES string of the molecule is Cc1cc(CCl)cnc1N(C)Cc1ccccc1Br. The summed E-state index contributed by atoms with van der Waals surface area (Å²) in [5.74, 6) is 1.49. The van der Waals surface area contributed by atoms with Crippen molar-refractivity contribution in [3.05, 3.63) is 57.7 Å². The van der Waals surface area contributed by atoms with Crippen LogP contribution in [0.2, 0.25) is 0 Å². The quantitative estimate of drug-likeness (QED) is 0.761. The second-order valence-corrected chi connectivity index (χ2v) is 5.69. The molecular formula is C15H16BrClN2. The molecule has 0 unspecified atom stereocenters. The van der Waals surface area contributed by atoms with Crippen LogP contribution >= 0.6 is 27.5 Å². The van der Waals surface area contributed by atoms with E-state index in [2.05, 4.69) is 58.0 Å². The zero-order valence-corrected chi connectivity index (χ0v) is 13.4. The van der Waals surface area contributed by atoms with Gasteiger partial charge >= 0.3 is 0 Å². The van der Waals surface area contributed by atoms with E-state index >= 15 is 0 Å². The monoisotopic (exact) mass is 338 g/mol. The summed E-state index contributed by atoms with van der Waals surface area (Å²) < 4.78 is 1.12. The molecule has 0 bridgehead atoms. The van der Waals surface area contributed by atoms with Gasteiger partial charge in [0.25, 0.3) is 0 Å². The molecule has 0 saturated heterocycles. The number of benzene rings is 1. The van der Waals surface area contributed by atoms with Gasteiger partial charge in [0.05, 0.1) is 0 Å². The zero-order valence-electron chi connectivity index (χ0n) is 11.0. The van der Waals surface area contributed by atoms with Crippen LogP contribution in [0.5, 0.6) is 0 Å². The molecule has 2 aromatic rings. The van der Waals surface area contributed by atoms with E-state index in [-0.39, 0.29) is 0 Å². The van der Waals surface area contributed by atoms with Gasteiger partial charge in [-0.25, -0.2) is 4.98 Å². The fourth-order valence-corrected chi connectivity index (χ4v) is 2.61. The molecule has 2 nitrogen and oxygen atoms in total. The fraction of sp³-hybridized carbons (Fsp3) is 0.267. The van der Waals surface area contributed by atoms with Crippen molar-refractivity contribution < 1.29 is 0 Å². The minimum absolute atomic E-state index is 0.502. The maximum Gasteiger partial charge on any atom is 0.131 e. The van der Waals surface area contributed by atoms with Crippen LogP contribution in [0.25, 0.3) is 0 Å². The highest BCUT2D eigenvalue weighted by atomic mass is 79.9. The Kier molecular flexibility index (Phi) is 4.83. The Morgan fingerprint density at radius 1 is 1.32 bits per heavy atom. The molecule has 0 spiro atoms. The number of aromatic nitrogens is 1. The first-order chi connectivity index (χ1) is 9.11. The van der Waals surface area contributed by atoms with E-state index in [4.69, 9.17) is 11.6 Å². The Morgan fingerprint density at radius 3 is 2.68 bits per heavy atom. The molecule has 0 amide bonds. The third-order valence-corrected chi connectivity index (χ3v) is 4.07. The summed E-state index contributed by atoms with van der Waals surface area (Å²) in [6.07, 6.45) is 1.84. The molecule has 0 aliphatic heterocycles. The Hall–Kier alpha value is -1.06. The van der Waals surface area contributed by atoms with Gasteiger partial charge in [-0.15, -0.1) is 11.6 Å². The minimum Gasteiger partial charge on any atom is -0.355 e. The summed E-state index contributed by atoms with van der Waals surface area (Å²) in [5, 5.41) is 0. The van der Waals surface area contributed by atoms with E-state index in [1.165, 1.54) is 5.56 Å². The Morgan fingerprint density at radius 2 is 2.05 bits per heavy atom. The van der Waals surface area contributed by atoms with Gasteiger partial charge in [0.1, 0.15) is 5.82 Å². The van der Waals surface area contributed by atoms with Crippen molar-refractivity contribution in [1.82, 2.24) is 4.98 Å². The van der Waals surface area contributed by atoms with Gasteiger partial charge < -0.3 is 4.90 Å². The highest BCUT2D eigenvalue weighted by Gasteiger charge is 2.09. The molecule has 0 aliphatic carbocycles. The molecule has 1 aromatic carbocycles. The van der Waals surface area contributed by atoms with E-state index in [0.29, 0.717) is 5.88 Å².